The Kier molecular flexibility index (Phi) is 4.67. The number of hydrogen-bond donors (Lipinski definition) is 1. The number of hydrogen-bond acceptors (Lipinski definition) is 3. The first kappa shape index (κ1) is 14.9. The molecule has 1 heterocycles. The van der Waals surface area contributed by atoms with Crippen LogP contribution in [0.25, 0.3) is 0 Å². The summed E-state index contributed by atoms with van der Waals surface area (Å²) in [4.78, 5) is 1.13. The number of ether oxygens (including phenoxy) is 1. The maximum absolute atomic E-state index is 12.1. The molecule has 1 aromatic heterocycles. The molecule has 20 heavy (non-hydrogen) atoms. The Morgan fingerprint density at radius 2 is 2.00 bits per heavy atom. The van der Waals surface area contributed by atoms with Crippen LogP contribution in [0.5, 0.6) is 5.75 Å². The van der Waals surface area contributed by atoms with Crippen LogP contribution >= 0.6 is 11.3 Å². The third-order valence-corrected chi connectivity index (χ3v) is 3.66. The van der Waals surface area contributed by atoms with Crippen LogP contribution < -0.4 is 4.74 Å². The van der Waals surface area contributed by atoms with Crippen molar-refractivity contribution in [2.24, 2.45) is 0 Å². The molecule has 108 valence electrons. The van der Waals surface area contributed by atoms with Gasteiger partial charge in [0.05, 0.1) is 6.10 Å². The predicted octanol–water partition coefficient (Wildman–Crippen LogP) is 4.31. The van der Waals surface area contributed by atoms with Gasteiger partial charge in [-0.3, -0.25) is 0 Å². The first-order chi connectivity index (χ1) is 9.44. The van der Waals surface area contributed by atoms with Crippen LogP contribution in [-0.2, 0) is 6.42 Å². The lowest BCUT2D eigenvalue weighted by molar-refractivity contribution is -0.274. The first-order valence-corrected chi connectivity index (χ1v) is 6.88. The van der Waals surface area contributed by atoms with E-state index in [9.17, 15) is 18.3 Å². The van der Waals surface area contributed by atoms with E-state index < -0.39 is 12.5 Å². The van der Waals surface area contributed by atoms with E-state index in [2.05, 4.69) is 4.74 Å². The molecule has 1 unspecified atom stereocenters. The summed E-state index contributed by atoms with van der Waals surface area (Å²) < 4.78 is 40.2. The summed E-state index contributed by atoms with van der Waals surface area (Å²) in [5.41, 5.74) is 0.420. The van der Waals surface area contributed by atoms with E-state index in [0.29, 0.717) is 18.4 Å². The fourth-order valence-electron chi connectivity index (χ4n) is 1.82. The van der Waals surface area contributed by atoms with Crippen LogP contribution in [0.1, 0.15) is 23.0 Å². The number of benzene rings is 1. The first-order valence-electron chi connectivity index (χ1n) is 6.00. The summed E-state index contributed by atoms with van der Waals surface area (Å²) in [6.07, 6.45) is -4.39. The van der Waals surface area contributed by atoms with Crippen LogP contribution in [0, 0.1) is 0 Å². The SMILES string of the molecule is OC(CCc1cccs1)c1cccc(OC(F)(F)F)c1. The molecule has 0 bridgehead atoms. The minimum Gasteiger partial charge on any atom is -0.406 e. The van der Waals surface area contributed by atoms with Crippen molar-refractivity contribution < 1.29 is 23.0 Å². The zero-order valence-electron chi connectivity index (χ0n) is 10.4. The van der Waals surface area contributed by atoms with Gasteiger partial charge in [0.15, 0.2) is 0 Å². The van der Waals surface area contributed by atoms with Crippen molar-refractivity contribution in [2.45, 2.75) is 25.3 Å². The lowest BCUT2D eigenvalue weighted by atomic mass is 10.0. The molecule has 0 saturated heterocycles. The molecule has 0 spiro atoms. The van der Waals surface area contributed by atoms with Crippen molar-refractivity contribution >= 4 is 11.3 Å². The molecule has 0 aliphatic rings. The lowest BCUT2D eigenvalue weighted by Crippen LogP contribution is -2.17. The van der Waals surface area contributed by atoms with Crippen molar-refractivity contribution in [2.75, 3.05) is 0 Å². The van der Waals surface area contributed by atoms with Gasteiger partial charge in [-0.25, -0.2) is 0 Å². The molecule has 2 rings (SSSR count). The average Bonchev–Trinajstić information content (AvgIpc) is 2.87. The number of aryl methyl sites for hydroxylation is 1. The molecule has 0 aliphatic heterocycles. The Morgan fingerprint density at radius 3 is 2.65 bits per heavy atom. The van der Waals surface area contributed by atoms with Crippen molar-refractivity contribution in [3.8, 4) is 5.75 Å². The van der Waals surface area contributed by atoms with E-state index in [1.807, 2.05) is 17.5 Å². The molecule has 6 heteroatoms. The van der Waals surface area contributed by atoms with Crippen molar-refractivity contribution in [1.82, 2.24) is 0 Å². The topological polar surface area (TPSA) is 29.5 Å². The van der Waals surface area contributed by atoms with E-state index in [1.165, 1.54) is 18.2 Å². The van der Waals surface area contributed by atoms with Gasteiger partial charge in [-0.05, 0) is 42.0 Å². The van der Waals surface area contributed by atoms with E-state index in [0.717, 1.165) is 4.88 Å². The van der Waals surface area contributed by atoms with Gasteiger partial charge in [-0.1, -0.05) is 18.2 Å². The Hall–Kier alpha value is -1.53. The molecule has 1 N–H and O–H groups in total. The highest BCUT2D eigenvalue weighted by Gasteiger charge is 2.31. The molecule has 0 saturated carbocycles. The van der Waals surface area contributed by atoms with Gasteiger partial charge in [-0.2, -0.15) is 0 Å². The molecule has 1 atom stereocenters. The highest BCUT2D eigenvalue weighted by atomic mass is 32.1. The monoisotopic (exact) mass is 302 g/mol. The second-order valence-corrected chi connectivity index (χ2v) is 5.29. The smallest absolute Gasteiger partial charge is 0.406 e. The number of halogens is 3. The zero-order chi connectivity index (χ0) is 14.6. The van der Waals surface area contributed by atoms with Crippen molar-refractivity contribution in [1.29, 1.82) is 0 Å². The van der Waals surface area contributed by atoms with Crippen LogP contribution in [0.2, 0.25) is 0 Å². The maximum Gasteiger partial charge on any atom is 0.573 e. The molecule has 2 aromatic rings. The van der Waals surface area contributed by atoms with Gasteiger partial charge >= 0.3 is 6.36 Å². The number of alkyl halides is 3. The van der Waals surface area contributed by atoms with Gasteiger partial charge < -0.3 is 9.84 Å². The van der Waals surface area contributed by atoms with Crippen LogP contribution in [0.4, 0.5) is 13.2 Å². The fourth-order valence-corrected chi connectivity index (χ4v) is 2.54. The number of rotatable bonds is 5. The molecule has 1 aromatic carbocycles. The largest absolute Gasteiger partial charge is 0.573 e. The Morgan fingerprint density at radius 1 is 1.20 bits per heavy atom. The van der Waals surface area contributed by atoms with E-state index in [-0.39, 0.29) is 5.75 Å². The lowest BCUT2D eigenvalue weighted by Gasteiger charge is -2.13. The molecule has 0 fully saturated rings. The van der Waals surface area contributed by atoms with Gasteiger partial charge in [0.1, 0.15) is 5.75 Å². The number of aliphatic hydroxyl groups is 1. The molecule has 0 amide bonds. The minimum absolute atomic E-state index is 0.315. The summed E-state index contributed by atoms with van der Waals surface area (Å²) in [5.74, 6) is -0.315. The maximum atomic E-state index is 12.1. The van der Waals surface area contributed by atoms with Gasteiger partial charge in [0, 0.05) is 4.88 Å². The Bertz CT molecular complexity index is 538. The van der Waals surface area contributed by atoms with Crippen LogP contribution in [0.15, 0.2) is 41.8 Å². The van der Waals surface area contributed by atoms with E-state index >= 15 is 0 Å². The highest BCUT2D eigenvalue weighted by molar-refractivity contribution is 7.09. The predicted molar refractivity (Wildman–Crippen MR) is 70.7 cm³/mol. The summed E-state index contributed by atoms with van der Waals surface area (Å²) >= 11 is 1.59. The van der Waals surface area contributed by atoms with E-state index in [1.54, 1.807) is 17.4 Å². The van der Waals surface area contributed by atoms with Gasteiger partial charge in [-0.15, -0.1) is 24.5 Å². The molecular formula is C14H13F3O2S. The summed E-state index contributed by atoms with van der Waals surface area (Å²) in [6, 6.07) is 9.33. The normalized spacial score (nSPS) is 13.2. The molecule has 0 aliphatic carbocycles. The minimum atomic E-state index is -4.72. The Labute approximate surface area is 118 Å². The third-order valence-electron chi connectivity index (χ3n) is 2.72. The van der Waals surface area contributed by atoms with E-state index in [4.69, 9.17) is 0 Å². The molecular weight excluding hydrogens is 289 g/mol. The summed E-state index contributed by atoms with van der Waals surface area (Å²) in [5, 5.41) is 12.0. The standard InChI is InChI=1S/C14H13F3O2S/c15-14(16,17)19-11-4-1-3-10(9-11)13(18)7-6-12-5-2-8-20-12/h1-5,8-9,13,18H,6-7H2. The number of aliphatic hydroxyl groups excluding tert-OH is 1. The van der Waals surface area contributed by atoms with Crippen LogP contribution in [0.3, 0.4) is 0 Å². The zero-order valence-corrected chi connectivity index (χ0v) is 11.2. The quantitative estimate of drug-likeness (QED) is 0.891. The third kappa shape index (κ3) is 4.54. The highest BCUT2D eigenvalue weighted by Crippen LogP contribution is 2.27. The van der Waals surface area contributed by atoms with Crippen molar-refractivity contribution in [3.05, 3.63) is 52.2 Å². The molecule has 0 radical (unpaired) electrons. The summed E-state index contributed by atoms with van der Waals surface area (Å²) in [6.45, 7) is 0. The second-order valence-electron chi connectivity index (χ2n) is 4.25. The Balaban J connectivity index is 1.99. The van der Waals surface area contributed by atoms with Gasteiger partial charge in [0.25, 0.3) is 0 Å². The summed E-state index contributed by atoms with van der Waals surface area (Å²) in [7, 11) is 0. The average molecular weight is 302 g/mol. The van der Waals surface area contributed by atoms with Crippen LogP contribution in [-0.4, -0.2) is 11.5 Å². The molecule has 2 nitrogen and oxygen atoms in total. The second kappa shape index (κ2) is 6.28. The van der Waals surface area contributed by atoms with Crippen molar-refractivity contribution in [3.63, 3.8) is 0 Å². The van der Waals surface area contributed by atoms with Gasteiger partial charge in [0.2, 0.25) is 0 Å². The fraction of sp³-hybridized carbons (Fsp3) is 0.286. The number of thiophene rings is 1.